The first kappa shape index (κ1) is 11.1. The summed E-state index contributed by atoms with van der Waals surface area (Å²) in [5.41, 5.74) is 3.14. The van der Waals surface area contributed by atoms with Crippen LogP contribution in [0.5, 0.6) is 0 Å². The highest BCUT2D eigenvalue weighted by Crippen LogP contribution is 2.39. The summed E-state index contributed by atoms with van der Waals surface area (Å²) in [5, 5.41) is 0. The lowest BCUT2D eigenvalue weighted by Crippen LogP contribution is -2.19. The van der Waals surface area contributed by atoms with Gasteiger partial charge >= 0.3 is 0 Å². The van der Waals surface area contributed by atoms with Crippen LogP contribution in [0.2, 0.25) is 0 Å². The summed E-state index contributed by atoms with van der Waals surface area (Å²) in [4.78, 5) is 0. The molecule has 1 aliphatic rings. The topological polar surface area (TPSA) is 0 Å². The molecule has 0 N–H and O–H groups in total. The van der Waals surface area contributed by atoms with E-state index in [4.69, 9.17) is 0 Å². The monoisotopic (exact) mass is 188 g/mol. The number of rotatable bonds is 1. The molecule has 0 nitrogen and oxygen atoms in total. The van der Waals surface area contributed by atoms with Crippen LogP contribution >= 0.6 is 0 Å². The Hall–Kier alpha value is -0.960. The van der Waals surface area contributed by atoms with Crippen LogP contribution in [0.15, 0.2) is 23.8 Å². The van der Waals surface area contributed by atoms with Gasteiger partial charge in [0.25, 0.3) is 0 Å². The Morgan fingerprint density at radius 1 is 1.50 bits per heavy atom. The highest BCUT2D eigenvalue weighted by molar-refractivity contribution is 5.39. The van der Waals surface area contributed by atoms with Crippen molar-refractivity contribution in [3.05, 3.63) is 23.8 Å². The van der Waals surface area contributed by atoms with Crippen molar-refractivity contribution in [2.24, 2.45) is 5.41 Å². The fourth-order valence-corrected chi connectivity index (χ4v) is 2.11. The maximum atomic E-state index is 3.68. The zero-order chi connectivity index (χ0) is 10.6. The molecule has 76 valence electrons. The van der Waals surface area contributed by atoms with Gasteiger partial charge in [0.1, 0.15) is 0 Å². The smallest absolute Gasteiger partial charge is 0.0270 e. The SMILES string of the molecule is C=CCC#CC1=C(C)CCCC1(C)C. The lowest BCUT2D eigenvalue weighted by atomic mass is 9.73. The molecule has 0 saturated carbocycles. The summed E-state index contributed by atoms with van der Waals surface area (Å²) >= 11 is 0. The minimum atomic E-state index is 0.288. The van der Waals surface area contributed by atoms with E-state index in [2.05, 4.69) is 39.2 Å². The molecule has 0 atom stereocenters. The van der Waals surface area contributed by atoms with Gasteiger partial charge in [-0.15, -0.1) is 6.58 Å². The van der Waals surface area contributed by atoms with E-state index < -0.39 is 0 Å². The van der Waals surface area contributed by atoms with Crippen molar-refractivity contribution in [1.82, 2.24) is 0 Å². The first-order valence-electron chi connectivity index (χ1n) is 5.38. The van der Waals surface area contributed by atoms with Crippen molar-refractivity contribution < 1.29 is 0 Å². The van der Waals surface area contributed by atoms with Crippen molar-refractivity contribution in [1.29, 1.82) is 0 Å². The van der Waals surface area contributed by atoms with Crippen LogP contribution in [-0.2, 0) is 0 Å². The van der Waals surface area contributed by atoms with E-state index in [-0.39, 0.29) is 5.41 Å². The van der Waals surface area contributed by atoms with Crippen molar-refractivity contribution in [2.75, 3.05) is 0 Å². The van der Waals surface area contributed by atoms with Crippen molar-refractivity contribution >= 4 is 0 Å². The molecule has 0 heteroatoms. The third-order valence-corrected chi connectivity index (χ3v) is 2.92. The van der Waals surface area contributed by atoms with E-state index in [1.165, 1.54) is 30.4 Å². The van der Waals surface area contributed by atoms with Crippen molar-refractivity contribution in [3.8, 4) is 11.8 Å². The Bertz CT molecular complexity index is 305. The van der Waals surface area contributed by atoms with Crippen LogP contribution < -0.4 is 0 Å². The molecule has 0 fully saturated rings. The van der Waals surface area contributed by atoms with Crippen LogP contribution in [0.4, 0.5) is 0 Å². The molecule has 0 heterocycles. The quantitative estimate of drug-likeness (QED) is 0.429. The molecule has 0 bridgehead atoms. The van der Waals surface area contributed by atoms with E-state index in [1.807, 2.05) is 6.08 Å². The van der Waals surface area contributed by atoms with E-state index in [0.717, 1.165) is 6.42 Å². The first-order valence-corrected chi connectivity index (χ1v) is 5.38. The standard InChI is InChI=1S/C14H20/c1-5-6-7-10-13-12(2)9-8-11-14(13,3)4/h5H,1,6,8-9,11H2,2-4H3. The maximum absolute atomic E-state index is 3.68. The van der Waals surface area contributed by atoms with Crippen LogP contribution in [0, 0.1) is 17.3 Å². The van der Waals surface area contributed by atoms with Crippen LogP contribution in [0.25, 0.3) is 0 Å². The van der Waals surface area contributed by atoms with Gasteiger partial charge in [-0.3, -0.25) is 0 Å². The third kappa shape index (κ3) is 2.51. The fraction of sp³-hybridized carbons (Fsp3) is 0.571. The zero-order valence-electron chi connectivity index (χ0n) is 9.61. The van der Waals surface area contributed by atoms with E-state index in [1.54, 1.807) is 0 Å². The highest BCUT2D eigenvalue weighted by Gasteiger charge is 2.26. The van der Waals surface area contributed by atoms with Gasteiger partial charge in [-0.2, -0.15) is 0 Å². The van der Waals surface area contributed by atoms with Gasteiger partial charge < -0.3 is 0 Å². The van der Waals surface area contributed by atoms with E-state index in [9.17, 15) is 0 Å². The van der Waals surface area contributed by atoms with Gasteiger partial charge in [0.05, 0.1) is 0 Å². The predicted molar refractivity (Wildman–Crippen MR) is 62.9 cm³/mol. The van der Waals surface area contributed by atoms with Gasteiger partial charge in [0.2, 0.25) is 0 Å². The average Bonchev–Trinajstić information content (AvgIpc) is 2.09. The normalized spacial score (nSPS) is 19.9. The molecule has 0 spiro atoms. The van der Waals surface area contributed by atoms with Gasteiger partial charge in [-0.25, -0.2) is 0 Å². The lowest BCUT2D eigenvalue weighted by Gasteiger charge is -2.31. The number of hydrogen-bond donors (Lipinski definition) is 0. The zero-order valence-corrected chi connectivity index (χ0v) is 9.61. The van der Waals surface area contributed by atoms with Crippen LogP contribution in [0.3, 0.4) is 0 Å². The van der Waals surface area contributed by atoms with Gasteiger partial charge in [-0.05, 0) is 31.6 Å². The Morgan fingerprint density at radius 2 is 2.21 bits per heavy atom. The fourth-order valence-electron chi connectivity index (χ4n) is 2.11. The highest BCUT2D eigenvalue weighted by atomic mass is 14.3. The molecule has 0 aromatic rings. The minimum Gasteiger partial charge on any atom is -0.102 e. The molecule has 0 radical (unpaired) electrons. The Morgan fingerprint density at radius 3 is 2.79 bits per heavy atom. The molecular formula is C14H20. The molecule has 0 unspecified atom stereocenters. The average molecular weight is 188 g/mol. The second-order valence-corrected chi connectivity index (χ2v) is 4.69. The number of hydrogen-bond acceptors (Lipinski definition) is 0. The summed E-state index contributed by atoms with van der Waals surface area (Å²) < 4.78 is 0. The van der Waals surface area contributed by atoms with Crippen LogP contribution in [0.1, 0.15) is 46.5 Å². The molecule has 1 rings (SSSR count). The van der Waals surface area contributed by atoms with Crippen molar-refractivity contribution in [3.63, 3.8) is 0 Å². The van der Waals surface area contributed by atoms with Gasteiger partial charge in [-0.1, -0.05) is 37.3 Å². The van der Waals surface area contributed by atoms with Gasteiger partial charge in [0, 0.05) is 12.0 Å². The predicted octanol–water partition coefficient (Wildman–Crippen LogP) is 4.09. The summed E-state index contributed by atoms with van der Waals surface area (Å²) in [6.07, 6.45) is 6.46. The first-order chi connectivity index (χ1) is 6.58. The van der Waals surface area contributed by atoms with Crippen molar-refractivity contribution in [2.45, 2.75) is 46.5 Å². The molecular weight excluding hydrogens is 168 g/mol. The summed E-state index contributed by atoms with van der Waals surface area (Å²) in [7, 11) is 0. The molecule has 1 aliphatic carbocycles. The van der Waals surface area contributed by atoms with Gasteiger partial charge in [0.15, 0.2) is 0 Å². The molecule has 0 aromatic carbocycles. The van der Waals surface area contributed by atoms with E-state index in [0.29, 0.717) is 0 Å². The summed E-state index contributed by atoms with van der Waals surface area (Å²) in [5.74, 6) is 6.49. The maximum Gasteiger partial charge on any atom is 0.0270 e. The minimum absolute atomic E-state index is 0.288. The molecule has 0 amide bonds. The molecule has 0 saturated heterocycles. The lowest BCUT2D eigenvalue weighted by molar-refractivity contribution is 0.380. The largest absolute Gasteiger partial charge is 0.102 e. The Kier molecular flexibility index (Phi) is 3.58. The summed E-state index contributed by atoms with van der Waals surface area (Å²) in [6, 6.07) is 0. The second-order valence-electron chi connectivity index (χ2n) is 4.69. The molecule has 0 aliphatic heterocycles. The van der Waals surface area contributed by atoms with E-state index >= 15 is 0 Å². The second kappa shape index (κ2) is 4.51. The summed E-state index contributed by atoms with van der Waals surface area (Å²) in [6.45, 7) is 10.5. The molecule has 0 aromatic heterocycles. The Balaban J connectivity index is 2.92. The third-order valence-electron chi connectivity index (χ3n) is 2.92. The van der Waals surface area contributed by atoms with Crippen LogP contribution in [-0.4, -0.2) is 0 Å². The Labute approximate surface area is 88.1 Å². The number of allylic oxidation sites excluding steroid dienone is 3. The molecule has 14 heavy (non-hydrogen) atoms.